The van der Waals surface area contributed by atoms with Crippen LogP contribution in [0.4, 0.5) is 0 Å². The number of nitrogens with zero attached hydrogens (tertiary/aromatic N) is 1. The second-order valence-electron chi connectivity index (χ2n) is 5.81. The van der Waals surface area contributed by atoms with Crippen LogP contribution in [0.2, 0.25) is 0 Å². The molecule has 0 aromatic carbocycles. The van der Waals surface area contributed by atoms with Crippen molar-refractivity contribution in [3.05, 3.63) is 0 Å². The molecule has 19 heavy (non-hydrogen) atoms. The van der Waals surface area contributed by atoms with Crippen molar-refractivity contribution in [1.29, 1.82) is 0 Å². The van der Waals surface area contributed by atoms with Gasteiger partial charge < -0.3 is 16.0 Å². The van der Waals surface area contributed by atoms with Crippen LogP contribution in [-0.4, -0.2) is 43.0 Å². The van der Waals surface area contributed by atoms with E-state index in [0.29, 0.717) is 0 Å². The number of rotatable bonds is 5. The summed E-state index contributed by atoms with van der Waals surface area (Å²) in [5.74, 6) is 0.169. The van der Waals surface area contributed by atoms with Crippen LogP contribution in [0.3, 0.4) is 0 Å². The molecule has 1 atom stereocenters. The summed E-state index contributed by atoms with van der Waals surface area (Å²) in [6.07, 6.45) is 4.84. The van der Waals surface area contributed by atoms with E-state index >= 15 is 0 Å². The predicted molar refractivity (Wildman–Crippen MR) is 85.2 cm³/mol. The lowest BCUT2D eigenvalue weighted by molar-refractivity contribution is -0.123. The summed E-state index contributed by atoms with van der Waals surface area (Å²) in [5.41, 5.74) is 5.98. The van der Waals surface area contributed by atoms with Crippen molar-refractivity contribution in [2.24, 2.45) is 11.7 Å². The Kier molecular flexibility index (Phi) is 10.1. The molecule has 0 radical (unpaired) electrons. The van der Waals surface area contributed by atoms with Crippen molar-refractivity contribution in [3.8, 4) is 0 Å². The average molecular weight is 314 g/mol. The number of amides is 1. The molecular weight excluding hydrogens is 285 g/mol. The van der Waals surface area contributed by atoms with E-state index in [4.69, 9.17) is 5.73 Å². The molecule has 1 aliphatic rings. The zero-order valence-corrected chi connectivity index (χ0v) is 14.1. The van der Waals surface area contributed by atoms with Gasteiger partial charge in [0, 0.05) is 12.1 Å². The number of hydrogen-bond acceptors (Lipinski definition) is 3. The van der Waals surface area contributed by atoms with Gasteiger partial charge in [-0.25, -0.2) is 0 Å². The fraction of sp³-hybridized carbons (Fsp3) is 0.923. The van der Waals surface area contributed by atoms with Gasteiger partial charge in [-0.05, 0) is 32.9 Å². The molecule has 0 heterocycles. The maximum atomic E-state index is 11.9. The minimum atomic E-state index is -0.393. The second kappa shape index (κ2) is 9.01. The summed E-state index contributed by atoms with van der Waals surface area (Å²) in [7, 11) is 4.19. The van der Waals surface area contributed by atoms with Gasteiger partial charge in [0.1, 0.15) is 0 Å². The predicted octanol–water partition coefficient (Wildman–Crippen LogP) is 1.80. The minimum Gasteiger partial charge on any atom is -0.353 e. The Labute approximate surface area is 129 Å². The van der Waals surface area contributed by atoms with Gasteiger partial charge in [-0.3, -0.25) is 4.79 Å². The van der Waals surface area contributed by atoms with Crippen LogP contribution < -0.4 is 11.1 Å². The summed E-state index contributed by atoms with van der Waals surface area (Å²) in [6, 6.07) is -0.393. The molecule has 4 nitrogen and oxygen atoms in total. The summed E-state index contributed by atoms with van der Waals surface area (Å²) >= 11 is 0. The molecule has 3 N–H and O–H groups in total. The van der Waals surface area contributed by atoms with Crippen molar-refractivity contribution in [2.45, 2.75) is 51.1 Å². The van der Waals surface area contributed by atoms with E-state index in [1.54, 1.807) is 0 Å². The highest BCUT2D eigenvalue weighted by atomic mass is 35.5. The van der Waals surface area contributed by atoms with Crippen molar-refractivity contribution >= 4 is 30.7 Å². The lowest BCUT2D eigenvalue weighted by Crippen LogP contribution is -2.54. The van der Waals surface area contributed by atoms with Crippen LogP contribution in [0.15, 0.2) is 0 Å². The standard InChI is InChI=1S/C13H27N3O.2ClH/c1-10(2)11(14)12(17)15-9-13(16(3)4)7-5-6-8-13;;/h10-11H,5-9,14H2,1-4H3,(H,15,17);2*1H. The highest BCUT2D eigenvalue weighted by Gasteiger charge is 2.36. The molecule has 1 fully saturated rings. The fourth-order valence-corrected chi connectivity index (χ4v) is 2.49. The normalized spacial score (nSPS) is 18.7. The van der Waals surface area contributed by atoms with E-state index in [1.807, 2.05) is 13.8 Å². The lowest BCUT2D eigenvalue weighted by Gasteiger charge is -2.36. The fourth-order valence-electron chi connectivity index (χ4n) is 2.49. The van der Waals surface area contributed by atoms with Crippen molar-refractivity contribution < 1.29 is 4.79 Å². The van der Waals surface area contributed by atoms with E-state index in [1.165, 1.54) is 12.8 Å². The van der Waals surface area contributed by atoms with Crippen molar-refractivity contribution in [3.63, 3.8) is 0 Å². The van der Waals surface area contributed by atoms with Gasteiger partial charge in [-0.15, -0.1) is 24.8 Å². The molecule has 0 bridgehead atoms. The number of nitrogens with one attached hydrogen (secondary N) is 1. The molecule has 1 rings (SSSR count). The monoisotopic (exact) mass is 313 g/mol. The Morgan fingerprint density at radius 3 is 2.11 bits per heavy atom. The highest BCUT2D eigenvalue weighted by molar-refractivity contribution is 5.85. The summed E-state index contributed by atoms with van der Waals surface area (Å²) in [4.78, 5) is 14.1. The summed E-state index contributed by atoms with van der Waals surface area (Å²) < 4.78 is 0. The molecule has 116 valence electrons. The third-order valence-corrected chi connectivity index (χ3v) is 4.10. The van der Waals surface area contributed by atoms with Crippen molar-refractivity contribution in [2.75, 3.05) is 20.6 Å². The van der Waals surface area contributed by atoms with Crippen LogP contribution in [0.1, 0.15) is 39.5 Å². The van der Waals surface area contributed by atoms with E-state index < -0.39 is 6.04 Å². The first-order chi connectivity index (χ1) is 7.89. The minimum absolute atomic E-state index is 0. The third kappa shape index (κ3) is 5.46. The molecule has 0 aliphatic heterocycles. The van der Waals surface area contributed by atoms with Gasteiger partial charge in [0.2, 0.25) is 5.91 Å². The van der Waals surface area contributed by atoms with E-state index in [-0.39, 0.29) is 42.2 Å². The van der Waals surface area contributed by atoms with Gasteiger partial charge in [0.25, 0.3) is 0 Å². The van der Waals surface area contributed by atoms with Gasteiger partial charge in [-0.1, -0.05) is 26.7 Å². The molecule has 0 aromatic heterocycles. The smallest absolute Gasteiger partial charge is 0.237 e. The largest absolute Gasteiger partial charge is 0.353 e. The molecule has 1 saturated carbocycles. The maximum absolute atomic E-state index is 11.9. The molecule has 1 aliphatic carbocycles. The van der Waals surface area contributed by atoms with Crippen LogP contribution in [0, 0.1) is 5.92 Å². The quantitative estimate of drug-likeness (QED) is 0.813. The molecule has 1 amide bonds. The van der Waals surface area contributed by atoms with Crippen LogP contribution in [0.5, 0.6) is 0 Å². The first-order valence-corrected chi connectivity index (χ1v) is 6.60. The van der Waals surface area contributed by atoms with Gasteiger partial charge in [0.05, 0.1) is 6.04 Å². The summed E-state index contributed by atoms with van der Waals surface area (Å²) in [5, 5.41) is 3.02. The Morgan fingerprint density at radius 1 is 1.26 bits per heavy atom. The number of carbonyl (C=O) groups excluding carboxylic acids is 1. The molecule has 0 spiro atoms. The number of halogens is 2. The average Bonchev–Trinajstić information content (AvgIpc) is 2.74. The maximum Gasteiger partial charge on any atom is 0.237 e. The SMILES string of the molecule is CC(C)C(N)C(=O)NCC1(N(C)C)CCCC1.Cl.Cl. The van der Waals surface area contributed by atoms with Gasteiger partial charge in [0.15, 0.2) is 0 Å². The second-order valence-corrected chi connectivity index (χ2v) is 5.81. The Hall–Kier alpha value is -0.0300. The van der Waals surface area contributed by atoms with Crippen LogP contribution in [-0.2, 0) is 4.79 Å². The van der Waals surface area contributed by atoms with E-state index in [2.05, 4.69) is 24.3 Å². The van der Waals surface area contributed by atoms with E-state index in [0.717, 1.165) is 19.4 Å². The molecule has 0 aromatic rings. The van der Waals surface area contributed by atoms with Crippen LogP contribution in [0.25, 0.3) is 0 Å². The first kappa shape index (κ1) is 21.3. The van der Waals surface area contributed by atoms with Crippen LogP contribution >= 0.6 is 24.8 Å². The zero-order valence-electron chi connectivity index (χ0n) is 12.4. The number of likely N-dealkylation sites (N-methyl/N-ethyl adjacent to an activating group) is 1. The first-order valence-electron chi connectivity index (χ1n) is 6.60. The Bertz CT molecular complexity index is 267. The summed E-state index contributed by atoms with van der Waals surface area (Å²) in [6.45, 7) is 4.67. The number of hydrogen-bond donors (Lipinski definition) is 2. The number of carbonyl (C=O) groups is 1. The molecule has 1 unspecified atom stereocenters. The Balaban J connectivity index is 0. The van der Waals surface area contributed by atoms with E-state index in [9.17, 15) is 4.79 Å². The third-order valence-electron chi connectivity index (χ3n) is 4.10. The van der Waals surface area contributed by atoms with Gasteiger partial charge in [-0.2, -0.15) is 0 Å². The van der Waals surface area contributed by atoms with Gasteiger partial charge >= 0.3 is 0 Å². The van der Waals surface area contributed by atoms with Crippen molar-refractivity contribution in [1.82, 2.24) is 10.2 Å². The Morgan fingerprint density at radius 2 is 1.74 bits per heavy atom. The molecule has 0 saturated heterocycles. The highest BCUT2D eigenvalue weighted by Crippen LogP contribution is 2.33. The zero-order chi connectivity index (χ0) is 13.1. The molecular formula is C13H29Cl2N3O. The lowest BCUT2D eigenvalue weighted by atomic mass is 9.95. The topological polar surface area (TPSA) is 58.4 Å². The molecule has 6 heteroatoms. The number of nitrogens with two attached hydrogens (primary N) is 1.